The van der Waals surface area contributed by atoms with Crippen LogP contribution in [0.2, 0.25) is 0 Å². The second kappa shape index (κ2) is 2.98. The van der Waals surface area contributed by atoms with Crippen molar-refractivity contribution in [3.8, 4) is 0 Å². The molecule has 2 rings (SSSR count). The third-order valence-electron chi connectivity index (χ3n) is 3.98. The molecule has 0 bridgehead atoms. The van der Waals surface area contributed by atoms with Gasteiger partial charge < -0.3 is 0 Å². The van der Waals surface area contributed by atoms with Gasteiger partial charge in [-0.2, -0.15) is 0 Å². The van der Waals surface area contributed by atoms with Gasteiger partial charge in [0.25, 0.3) is 0 Å². The summed E-state index contributed by atoms with van der Waals surface area (Å²) in [5.41, 5.74) is 0.777. The fourth-order valence-electron chi connectivity index (χ4n) is 2.85. The minimum atomic E-state index is 0.743. The van der Waals surface area contributed by atoms with E-state index < -0.39 is 0 Å². The largest absolute Gasteiger partial charge is 0.297 e. The average molecular weight is 181 g/mol. The van der Waals surface area contributed by atoms with Gasteiger partial charge in [-0.25, -0.2) is 0 Å². The Kier molecular flexibility index (Phi) is 2.18. The summed E-state index contributed by atoms with van der Waals surface area (Å²) in [4.78, 5) is 2.73. The van der Waals surface area contributed by atoms with Crippen molar-refractivity contribution in [2.75, 3.05) is 6.54 Å². The van der Waals surface area contributed by atoms with Crippen molar-refractivity contribution in [3.63, 3.8) is 0 Å². The number of hydrogen-bond acceptors (Lipinski definition) is 1. The van der Waals surface area contributed by atoms with E-state index >= 15 is 0 Å². The first-order valence-electron chi connectivity index (χ1n) is 5.80. The van der Waals surface area contributed by atoms with Crippen LogP contribution in [0, 0.1) is 11.3 Å². The van der Waals surface area contributed by atoms with Gasteiger partial charge in [0.1, 0.15) is 0 Å². The molecule has 0 aromatic heterocycles. The Morgan fingerprint density at radius 3 is 2.08 bits per heavy atom. The van der Waals surface area contributed by atoms with Gasteiger partial charge in [0.2, 0.25) is 0 Å². The molecule has 1 heterocycles. The molecule has 1 atom stereocenters. The first kappa shape index (κ1) is 9.51. The quantitative estimate of drug-likeness (QED) is 0.633. The van der Waals surface area contributed by atoms with E-state index in [1.165, 1.54) is 25.8 Å². The Morgan fingerprint density at radius 1 is 1.15 bits per heavy atom. The molecular weight excluding hydrogens is 158 g/mol. The van der Waals surface area contributed by atoms with Crippen molar-refractivity contribution in [2.45, 2.75) is 59.0 Å². The zero-order valence-electron chi connectivity index (χ0n) is 9.51. The highest BCUT2D eigenvalue weighted by atomic mass is 15.2. The van der Waals surface area contributed by atoms with E-state index in [0.717, 1.165) is 23.4 Å². The van der Waals surface area contributed by atoms with Gasteiger partial charge in [-0.15, -0.1) is 0 Å². The molecule has 1 saturated heterocycles. The average Bonchev–Trinajstić information content (AvgIpc) is 2.60. The van der Waals surface area contributed by atoms with Crippen LogP contribution < -0.4 is 0 Å². The molecule has 2 fully saturated rings. The second-order valence-electron chi connectivity index (χ2n) is 5.78. The summed E-state index contributed by atoms with van der Waals surface area (Å²) in [7, 11) is 0. The lowest BCUT2D eigenvalue weighted by Crippen LogP contribution is -2.38. The van der Waals surface area contributed by atoms with E-state index in [1.54, 1.807) is 0 Å². The van der Waals surface area contributed by atoms with Crippen LogP contribution in [0.15, 0.2) is 0 Å². The Bertz CT molecular complexity index is 173. The molecular formula is C12H23N. The molecule has 1 spiro atoms. The van der Waals surface area contributed by atoms with E-state index in [0.29, 0.717) is 0 Å². The SMILES string of the molecule is CC(C)C1CC2(CC2)CN1C(C)C. The molecule has 0 aromatic rings. The first-order valence-corrected chi connectivity index (χ1v) is 5.80. The van der Waals surface area contributed by atoms with Crippen LogP contribution in [0.25, 0.3) is 0 Å². The third kappa shape index (κ3) is 1.63. The lowest BCUT2D eigenvalue weighted by Gasteiger charge is -2.30. The predicted molar refractivity (Wildman–Crippen MR) is 56.8 cm³/mol. The molecule has 1 nitrogen and oxygen atoms in total. The summed E-state index contributed by atoms with van der Waals surface area (Å²) in [5.74, 6) is 0.836. The number of rotatable bonds is 2. The molecule has 2 aliphatic rings. The smallest absolute Gasteiger partial charge is 0.0127 e. The van der Waals surface area contributed by atoms with Crippen LogP contribution in [0.4, 0.5) is 0 Å². The van der Waals surface area contributed by atoms with Crippen LogP contribution in [0.1, 0.15) is 47.0 Å². The third-order valence-corrected chi connectivity index (χ3v) is 3.98. The van der Waals surface area contributed by atoms with Crippen molar-refractivity contribution < 1.29 is 0 Å². The summed E-state index contributed by atoms with van der Waals surface area (Å²) in [6, 6.07) is 1.61. The van der Waals surface area contributed by atoms with Gasteiger partial charge in [-0.3, -0.25) is 4.90 Å². The maximum atomic E-state index is 2.73. The Balaban J connectivity index is 2.07. The zero-order chi connectivity index (χ0) is 9.64. The minimum absolute atomic E-state index is 0.743. The van der Waals surface area contributed by atoms with E-state index in [1.807, 2.05) is 0 Å². The van der Waals surface area contributed by atoms with Crippen LogP contribution in [0.3, 0.4) is 0 Å². The maximum Gasteiger partial charge on any atom is 0.0127 e. The Morgan fingerprint density at radius 2 is 1.77 bits per heavy atom. The van der Waals surface area contributed by atoms with E-state index in [-0.39, 0.29) is 0 Å². The molecule has 1 aliphatic heterocycles. The van der Waals surface area contributed by atoms with Gasteiger partial charge in [-0.1, -0.05) is 13.8 Å². The molecule has 0 N–H and O–H groups in total. The van der Waals surface area contributed by atoms with Crippen LogP contribution in [-0.2, 0) is 0 Å². The molecule has 76 valence electrons. The number of hydrogen-bond donors (Lipinski definition) is 0. The Labute approximate surface area is 82.5 Å². The standard InChI is InChI=1S/C12H23N/c1-9(2)11-7-12(5-6-12)8-13(11)10(3)4/h9-11H,5-8H2,1-4H3. The monoisotopic (exact) mass is 181 g/mol. The minimum Gasteiger partial charge on any atom is -0.297 e. The fraction of sp³-hybridized carbons (Fsp3) is 1.00. The van der Waals surface area contributed by atoms with Crippen LogP contribution >= 0.6 is 0 Å². The summed E-state index contributed by atoms with van der Waals surface area (Å²) in [5, 5.41) is 0. The van der Waals surface area contributed by atoms with Gasteiger partial charge in [0.05, 0.1) is 0 Å². The highest BCUT2D eigenvalue weighted by Gasteiger charge is 2.52. The molecule has 1 heteroatoms. The van der Waals surface area contributed by atoms with Gasteiger partial charge >= 0.3 is 0 Å². The molecule has 0 aromatic carbocycles. The topological polar surface area (TPSA) is 3.24 Å². The maximum absolute atomic E-state index is 2.73. The normalized spacial score (nSPS) is 32.3. The molecule has 13 heavy (non-hydrogen) atoms. The first-order chi connectivity index (χ1) is 6.04. The number of nitrogens with zero attached hydrogens (tertiary/aromatic N) is 1. The predicted octanol–water partition coefficient (Wildman–Crippen LogP) is 2.91. The fourth-order valence-corrected chi connectivity index (χ4v) is 2.85. The zero-order valence-corrected chi connectivity index (χ0v) is 9.51. The van der Waals surface area contributed by atoms with Crippen molar-refractivity contribution in [3.05, 3.63) is 0 Å². The molecule has 1 saturated carbocycles. The summed E-state index contributed by atoms with van der Waals surface area (Å²) in [6.45, 7) is 10.8. The van der Waals surface area contributed by atoms with Crippen molar-refractivity contribution in [1.82, 2.24) is 4.90 Å². The second-order valence-corrected chi connectivity index (χ2v) is 5.78. The lowest BCUT2D eigenvalue weighted by molar-refractivity contribution is 0.163. The Hall–Kier alpha value is -0.0400. The lowest BCUT2D eigenvalue weighted by atomic mass is 9.96. The number of likely N-dealkylation sites (tertiary alicyclic amines) is 1. The molecule has 0 amide bonds. The van der Waals surface area contributed by atoms with Crippen LogP contribution in [-0.4, -0.2) is 23.5 Å². The van der Waals surface area contributed by atoms with E-state index in [9.17, 15) is 0 Å². The van der Waals surface area contributed by atoms with Crippen molar-refractivity contribution >= 4 is 0 Å². The molecule has 1 aliphatic carbocycles. The van der Waals surface area contributed by atoms with Crippen molar-refractivity contribution in [2.24, 2.45) is 11.3 Å². The van der Waals surface area contributed by atoms with Gasteiger partial charge in [0.15, 0.2) is 0 Å². The van der Waals surface area contributed by atoms with Gasteiger partial charge in [-0.05, 0) is 44.4 Å². The summed E-state index contributed by atoms with van der Waals surface area (Å²) >= 11 is 0. The molecule has 1 unspecified atom stereocenters. The van der Waals surface area contributed by atoms with Crippen LogP contribution in [0.5, 0.6) is 0 Å². The summed E-state index contributed by atoms with van der Waals surface area (Å²) < 4.78 is 0. The van der Waals surface area contributed by atoms with E-state index in [4.69, 9.17) is 0 Å². The molecule has 0 radical (unpaired) electrons. The highest BCUT2D eigenvalue weighted by Crippen LogP contribution is 2.56. The highest BCUT2D eigenvalue weighted by molar-refractivity contribution is 5.05. The van der Waals surface area contributed by atoms with Crippen molar-refractivity contribution in [1.29, 1.82) is 0 Å². The van der Waals surface area contributed by atoms with E-state index in [2.05, 4.69) is 32.6 Å². The van der Waals surface area contributed by atoms with Gasteiger partial charge in [0, 0.05) is 18.6 Å². The summed E-state index contributed by atoms with van der Waals surface area (Å²) in [6.07, 6.45) is 4.47.